The summed E-state index contributed by atoms with van der Waals surface area (Å²) in [6.45, 7) is 9.64. The highest BCUT2D eigenvalue weighted by Crippen LogP contribution is 2.41. The van der Waals surface area contributed by atoms with Crippen molar-refractivity contribution in [2.75, 3.05) is 13.1 Å². The Morgan fingerprint density at radius 1 is 1.27 bits per heavy atom. The zero-order valence-electron chi connectivity index (χ0n) is 16.4. The average molecular weight is 361 g/mol. The summed E-state index contributed by atoms with van der Waals surface area (Å²) in [6, 6.07) is 1.10. The molecule has 0 bridgehead atoms. The largest absolute Gasteiger partial charge is 0.466 e. The molecule has 0 aromatic carbocycles. The molecule has 1 aliphatic heterocycles. The fourth-order valence-corrected chi connectivity index (χ4v) is 4.16. The van der Waals surface area contributed by atoms with Crippen LogP contribution < -0.4 is 10.6 Å². The minimum Gasteiger partial charge on any atom is -0.466 e. The van der Waals surface area contributed by atoms with Crippen LogP contribution in [0.5, 0.6) is 0 Å². The van der Waals surface area contributed by atoms with Crippen molar-refractivity contribution in [3.05, 3.63) is 23.2 Å². The number of hydrogen-bond acceptors (Lipinski definition) is 3. The number of amides is 3. The van der Waals surface area contributed by atoms with Crippen LogP contribution >= 0.6 is 0 Å². The van der Waals surface area contributed by atoms with Crippen molar-refractivity contribution in [3.8, 4) is 0 Å². The number of nitrogens with one attached hydrogen (secondary N) is 2. The number of rotatable bonds is 3. The second-order valence-electron chi connectivity index (χ2n) is 8.56. The van der Waals surface area contributed by atoms with Gasteiger partial charge in [-0.25, -0.2) is 4.79 Å². The van der Waals surface area contributed by atoms with Crippen molar-refractivity contribution in [1.29, 1.82) is 0 Å². The number of carbonyl (C=O) groups is 2. The van der Waals surface area contributed by atoms with E-state index >= 15 is 0 Å². The molecule has 2 unspecified atom stereocenters. The van der Waals surface area contributed by atoms with Crippen LogP contribution in [0.4, 0.5) is 4.79 Å². The fraction of sp³-hybridized carbons (Fsp3) is 0.700. The lowest BCUT2D eigenvalue weighted by Crippen LogP contribution is -2.51. The summed E-state index contributed by atoms with van der Waals surface area (Å²) in [4.78, 5) is 26.9. The number of fused-ring (bicyclic) bond motifs is 1. The zero-order chi connectivity index (χ0) is 18.9. The van der Waals surface area contributed by atoms with Gasteiger partial charge in [0.15, 0.2) is 0 Å². The fourth-order valence-electron chi connectivity index (χ4n) is 4.16. The molecule has 1 aliphatic carbocycles. The van der Waals surface area contributed by atoms with Crippen LogP contribution in [0.25, 0.3) is 0 Å². The molecule has 1 fully saturated rings. The number of hydrogen-bond donors (Lipinski definition) is 2. The van der Waals surface area contributed by atoms with E-state index in [0.717, 1.165) is 55.9 Å². The molecule has 2 heterocycles. The summed E-state index contributed by atoms with van der Waals surface area (Å²) in [5.41, 5.74) is 1.12. The van der Waals surface area contributed by atoms with E-state index in [4.69, 9.17) is 4.42 Å². The number of nitrogens with zero attached hydrogens (tertiary/aromatic N) is 1. The summed E-state index contributed by atoms with van der Waals surface area (Å²) in [6.07, 6.45) is 4.99. The van der Waals surface area contributed by atoms with Crippen LogP contribution in [0.15, 0.2) is 10.5 Å². The van der Waals surface area contributed by atoms with Crippen molar-refractivity contribution in [1.82, 2.24) is 15.5 Å². The number of likely N-dealkylation sites (tertiary alicyclic amines) is 1. The Hall–Kier alpha value is -1.98. The highest BCUT2D eigenvalue weighted by molar-refractivity contribution is 5.86. The molecule has 2 aliphatic rings. The first-order valence-corrected chi connectivity index (χ1v) is 9.70. The van der Waals surface area contributed by atoms with Gasteiger partial charge in [0.2, 0.25) is 5.91 Å². The van der Waals surface area contributed by atoms with Gasteiger partial charge in [-0.05, 0) is 51.0 Å². The molecular formula is C20H31N3O3. The number of carbonyl (C=O) groups excluding carboxylic acids is 2. The Bertz CT molecular complexity index is 674. The van der Waals surface area contributed by atoms with Gasteiger partial charge in [-0.3, -0.25) is 4.79 Å². The minimum atomic E-state index is -0.518. The SMILES string of the molecule is Cc1cc2c(o1)CC(C)(C)CC2NC(=O)NC(C)C(=O)N1CCCCC1. The molecule has 3 rings (SSSR count). The molecule has 2 atom stereocenters. The standard InChI is InChI=1S/C20H31N3O3/c1-13-10-15-16(11-20(3,4)12-17(15)26-13)22-19(25)21-14(2)18(24)23-8-6-5-7-9-23/h10,14,16H,5-9,11-12H2,1-4H3,(H2,21,22,25). The van der Waals surface area contributed by atoms with Crippen molar-refractivity contribution in [2.24, 2.45) is 5.41 Å². The van der Waals surface area contributed by atoms with Crippen LogP contribution in [-0.2, 0) is 11.2 Å². The maximum atomic E-state index is 12.5. The summed E-state index contributed by atoms with van der Waals surface area (Å²) in [5.74, 6) is 1.83. The highest BCUT2D eigenvalue weighted by Gasteiger charge is 2.36. The average Bonchev–Trinajstić information content (AvgIpc) is 2.93. The molecule has 0 spiro atoms. The maximum Gasteiger partial charge on any atom is 0.315 e. The summed E-state index contributed by atoms with van der Waals surface area (Å²) in [7, 11) is 0. The lowest BCUT2D eigenvalue weighted by Gasteiger charge is -2.35. The third kappa shape index (κ3) is 4.22. The molecular weight excluding hydrogens is 330 g/mol. The summed E-state index contributed by atoms with van der Waals surface area (Å²) >= 11 is 0. The zero-order valence-corrected chi connectivity index (χ0v) is 16.4. The van der Waals surface area contributed by atoms with Gasteiger partial charge in [0.05, 0.1) is 6.04 Å². The van der Waals surface area contributed by atoms with Gasteiger partial charge in [0.1, 0.15) is 17.6 Å². The lowest BCUT2D eigenvalue weighted by atomic mass is 9.75. The Balaban J connectivity index is 1.61. The molecule has 2 N–H and O–H groups in total. The summed E-state index contributed by atoms with van der Waals surface area (Å²) in [5, 5.41) is 5.87. The van der Waals surface area contributed by atoms with E-state index in [2.05, 4.69) is 24.5 Å². The Morgan fingerprint density at radius 3 is 2.65 bits per heavy atom. The predicted octanol–water partition coefficient (Wildman–Crippen LogP) is 3.30. The number of urea groups is 1. The third-order valence-corrected chi connectivity index (χ3v) is 5.43. The number of aryl methyl sites for hydroxylation is 1. The quantitative estimate of drug-likeness (QED) is 0.867. The molecule has 3 amide bonds. The van der Waals surface area contributed by atoms with Crippen LogP contribution in [0, 0.1) is 12.3 Å². The van der Waals surface area contributed by atoms with Crippen molar-refractivity contribution in [3.63, 3.8) is 0 Å². The van der Waals surface area contributed by atoms with Gasteiger partial charge < -0.3 is 20.0 Å². The molecule has 26 heavy (non-hydrogen) atoms. The van der Waals surface area contributed by atoms with E-state index in [1.807, 2.05) is 17.9 Å². The van der Waals surface area contributed by atoms with E-state index in [0.29, 0.717) is 0 Å². The van der Waals surface area contributed by atoms with E-state index < -0.39 is 6.04 Å². The first-order valence-electron chi connectivity index (χ1n) is 9.70. The monoisotopic (exact) mass is 361 g/mol. The van der Waals surface area contributed by atoms with Crippen molar-refractivity contribution >= 4 is 11.9 Å². The summed E-state index contributed by atoms with van der Waals surface area (Å²) < 4.78 is 5.82. The van der Waals surface area contributed by atoms with Gasteiger partial charge in [0, 0.05) is 25.1 Å². The van der Waals surface area contributed by atoms with E-state index in [-0.39, 0.29) is 23.4 Å². The first kappa shape index (κ1) is 18.8. The third-order valence-electron chi connectivity index (χ3n) is 5.43. The Morgan fingerprint density at radius 2 is 1.96 bits per heavy atom. The molecule has 144 valence electrons. The van der Waals surface area contributed by atoms with Gasteiger partial charge in [0.25, 0.3) is 0 Å². The van der Waals surface area contributed by atoms with Crippen molar-refractivity contribution < 1.29 is 14.0 Å². The van der Waals surface area contributed by atoms with Crippen LogP contribution in [0.3, 0.4) is 0 Å². The second kappa shape index (κ2) is 7.33. The van der Waals surface area contributed by atoms with Gasteiger partial charge in [-0.2, -0.15) is 0 Å². The van der Waals surface area contributed by atoms with Gasteiger partial charge >= 0.3 is 6.03 Å². The molecule has 1 aromatic heterocycles. The maximum absolute atomic E-state index is 12.5. The topological polar surface area (TPSA) is 74.6 Å². The van der Waals surface area contributed by atoms with Crippen LogP contribution in [0.2, 0.25) is 0 Å². The van der Waals surface area contributed by atoms with Gasteiger partial charge in [-0.15, -0.1) is 0 Å². The van der Waals surface area contributed by atoms with E-state index in [1.165, 1.54) is 6.42 Å². The molecule has 1 aromatic rings. The molecule has 0 saturated carbocycles. The lowest BCUT2D eigenvalue weighted by molar-refractivity contribution is -0.133. The molecule has 1 saturated heterocycles. The predicted molar refractivity (Wildman–Crippen MR) is 99.8 cm³/mol. The Kier molecular flexibility index (Phi) is 5.30. The van der Waals surface area contributed by atoms with Crippen molar-refractivity contribution in [2.45, 2.75) is 71.9 Å². The second-order valence-corrected chi connectivity index (χ2v) is 8.56. The van der Waals surface area contributed by atoms with Crippen LogP contribution in [0.1, 0.15) is 69.6 Å². The normalized spacial score (nSPS) is 23.1. The first-order chi connectivity index (χ1) is 12.2. The smallest absolute Gasteiger partial charge is 0.315 e. The molecule has 6 heteroatoms. The molecule has 6 nitrogen and oxygen atoms in total. The van der Waals surface area contributed by atoms with Gasteiger partial charge in [-0.1, -0.05) is 13.8 Å². The molecule has 0 radical (unpaired) electrons. The number of piperidine rings is 1. The van der Waals surface area contributed by atoms with E-state index in [1.54, 1.807) is 6.92 Å². The van der Waals surface area contributed by atoms with E-state index in [9.17, 15) is 9.59 Å². The minimum absolute atomic E-state index is 0.00340. The highest BCUT2D eigenvalue weighted by atomic mass is 16.3. The van der Waals surface area contributed by atoms with Crippen LogP contribution in [-0.4, -0.2) is 36.0 Å². The Labute approximate surface area is 155 Å². The number of furan rings is 1.